The van der Waals surface area contributed by atoms with Crippen LogP contribution < -0.4 is 0 Å². The molecule has 3 rings (SSSR count). The summed E-state index contributed by atoms with van der Waals surface area (Å²) in [5.41, 5.74) is 2.14. The highest BCUT2D eigenvalue weighted by atomic mass is 32.2. The number of rotatable bonds is 4. The summed E-state index contributed by atoms with van der Waals surface area (Å²) < 4.78 is 25.7. The SMILES string of the molecule is BN1CCC(c2ccc(S(=O)(=O)C3C=CC([N+](=O)[O-])=CC3)cc2C)C1. The van der Waals surface area contributed by atoms with Crippen molar-refractivity contribution in [2.75, 3.05) is 13.1 Å². The molecule has 0 bridgehead atoms. The van der Waals surface area contributed by atoms with E-state index in [1.165, 1.54) is 23.8 Å². The van der Waals surface area contributed by atoms with Crippen molar-refractivity contribution in [2.45, 2.75) is 35.8 Å². The van der Waals surface area contributed by atoms with Gasteiger partial charge in [0, 0.05) is 6.08 Å². The Morgan fingerprint density at radius 2 is 2.12 bits per heavy atom. The van der Waals surface area contributed by atoms with Gasteiger partial charge in [0.2, 0.25) is 0 Å². The molecule has 1 aliphatic heterocycles. The highest BCUT2D eigenvalue weighted by Crippen LogP contribution is 2.31. The van der Waals surface area contributed by atoms with E-state index >= 15 is 0 Å². The van der Waals surface area contributed by atoms with Crippen molar-refractivity contribution in [3.8, 4) is 0 Å². The molecule has 132 valence electrons. The Morgan fingerprint density at radius 3 is 2.64 bits per heavy atom. The summed E-state index contributed by atoms with van der Waals surface area (Å²) in [6, 6.07) is 5.34. The summed E-state index contributed by atoms with van der Waals surface area (Å²) in [7, 11) is -1.46. The molecule has 2 aliphatic rings. The largest absolute Gasteiger partial charge is 0.348 e. The quantitative estimate of drug-likeness (QED) is 0.463. The maximum absolute atomic E-state index is 12.8. The first kappa shape index (κ1) is 17.9. The zero-order chi connectivity index (χ0) is 18.2. The predicted octanol–water partition coefficient (Wildman–Crippen LogP) is 1.60. The molecule has 0 amide bonds. The van der Waals surface area contributed by atoms with Crippen LogP contribution in [0.25, 0.3) is 0 Å². The van der Waals surface area contributed by atoms with Crippen LogP contribution in [0.1, 0.15) is 29.9 Å². The molecule has 8 heteroatoms. The standard InChI is InChI=1S/C17H21BN2O4S/c1-12-10-16(6-7-17(12)13-8-9-19(18)11-13)25(23,24)15-4-2-14(3-5-15)20(21)22/h2-4,6-7,10,13,15H,5,8-9,11,18H2,1H3. The Bertz CT molecular complexity index is 863. The molecule has 6 nitrogen and oxygen atoms in total. The maximum atomic E-state index is 12.8. The summed E-state index contributed by atoms with van der Waals surface area (Å²) in [4.78, 5) is 12.8. The molecule has 0 aromatic heterocycles. The molecule has 1 heterocycles. The smallest absolute Gasteiger partial charge is 0.265 e. The molecular formula is C17H21BN2O4S. The average molecular weight is 360 g/mol. The van der Waals surface area contributed by atoms with Gasteiger partial charge in [-0.2, -0.15) is 0 Å². The van der Waals surface area contributed by atoms with Gasteiger partial charge in [0.1, 0.15) is 0 Å². The zero-order valence-corrected chi connectivity index (χ0v) is 15.2. The van der Waals surface area contributed by atoms with Crippen molar-refractivity contribution in [3.05, 3.63) is 63.4 Å². The van der Waals surface area contributed by atoms with E-state index in [-0.39, 0.29) is 17.0 Å². The van der Waals surface area contributed by atoms with Gasteiger partial charge in [-0.3, -0.25) is 10.1 Å². The van der Waals surface area contributed by atoms with Crippen LogP contribution in [0.4, 0.5) is 0 Å². The number of hydrogen-bond donors (Lipinski definition) is 0. The summed E-state index contributed by atoms with van der Waals surface area (Å²) >= 11 is 0. The van der Waals surface area contributed by atoms with Crippen LogP contribution in [0.3, 0.4) is 0 Å². The van der Waals surface area contributed by atoms with Gasteiger partial charge in [-0.1, -0.05) is 12.1 Å². The molecule has 0 spiro atoms. The second-order valence-corrected chi connectivity index (χ2v) is 9.00. The van der Waals surface area contributed by atoms with E-state index in [4.69, 9.17) is 0 Å². The molecule has 25 heavy (non-hydrogen) atoms. The highest BCUT2D eigenvalue weighted by Gasteiger charge is 2.29. The monoisotopic (exact) mass is 360 g/mol. The van der Waals surface area contributed by atoms with Crippen molar-refractivity contribution < 1.29 is 13.3 Å². The molecule has 0 N–H and O–H groups in total. The molecule has 1 aromatic rings. The molecule has 1 aromatic carbocycles. The van der Waals surface area contributed by atoms with Gasteiger partial charge >= 0.3 is 0 Å². The second-order valence-electron chi connectivity index (χ2n) is 6.83. The minimum atomic E-state index is -3.55. The zero-order valence-electron chi connectivity index (χ0n) is 14.4. The van der Waals surface area contributed by atoms with E-state index in [1.54, 1.807) is 12.1 Å². The third-order valence-corrected chi connectivity index (χ3v) is 7.11. The topological polar surface area (TPSA) is 80.5 Å². The summed E-state index contributed by atoms with van der Waals surface area (Å²) in [5.74, 6) is 0.446. The van der Waals surface area contributed by atoms with Gasteiger partial charge in [-0.15, -0.1) is 0 Å². The molecule has 2 unspecified atom stereocenters. The average Bonchev–Trinajstić information content (AvgIpc) is 3.01. The van der Waals surface area contributed by atoms with Gasteiger partial charge in [0.25, 0.3) is 5.70 Å². The van der Waals surface area contributed by atoms with Crippen molar-refractivity contribution in [1.82, 2.24) is 4.81 Å². The Balaban J connectivity index is 1.83. The molecule has 0 radical (unpaired) electrons. The number of allylic oxidation sites excluding steroid dienone is 2. The first-order valence-electron chi connectivity index (χ1n) is 8.35. The molecule has 1 fully saturated rings. The van der Waals surface area contributed by atoms with Crippen molar-refractivity contribution >= 4 is 17.8 Å². The van der Waals surface area contributed by atoms with Crippen LogP contribution in [0.15, 0.2) is 47.0 Å². The van der Waals surface area contributed by atoms with Crippen molar-refractivity contribution in [2.24, 2.45) is 0 Å². The van der Waals surface area contributed by atoms with Gasteiger partial charge in [0.05, 0.1) is 15.1 Å². The summed E-state index contributed by atoms with van der Waals surface area (Å²) in [5, 5.41) is 9.99. The van der Waals surface area contributed by atoms with Crippen molar-refractivity contribution in [3.63, 3.8) is 0 Å². The van der Waals surface area contributed by atoms with Gasteiger partial charge in [-0.05, 0) is 68.1 Å². The van der Waals surface area contributed by atoms with Crippen LogP contribution in [0.2, 0.25) is 0 Å². The van der Waals surface area contributed by atoms with E-state index in [2.05, 4.69) is 12.8 Å². The molecule has 0 saturated carbocycles. The number of benzene rings is 1. The number of sulfone groups is 1. The lowest BCUT2D eigenvalue weighted by atomic mass is 9.94. The molecule has 2 atom stereocenters. The van der Waals surface area contributed by atoms with E-state index in [0.717, 1.165) is 25.1 Å². The van der Waals surface area contributed by atoms with Crippen molar-refractivity contribution in [1.29, 1.82) is 0 Å². The Morgan fingerprint density at radius 1 is 1.36 bits per heavy atom. The van der Waals surface area contributed by atoms with Crippen LogP contribution >= 0.6 is 0 Å². The lowest BCUT2D eigenvalue weighted by Crippen LogP contribution is -2.21. The van der Waals surface area contributed by atoms with Crippen LogP contribution in [0, 0.1) is 17.0 Å². The lowest BCUT2D eigenvalue weighted by molar-refractivity contribution is -0.419. The van der Waals surface area contributed by atoms with Gasteiger partial charge in [0.15, 0.2) is 17.8 Å². The summed E-state index contributed by atoms with van der Waals surface area (Å²) in [6.07, 6.45) is 5.29. The maximum Gasteiger partial charge on any atom is 0.265 e. The second kappa shape index (κ2) is 6.76. The van der Waals surface area contributed by atoms with E-state index in [9.17, 15) is 18.5 Å². The van der Waals surface area contributed by atoms with Gasteiger partial charge in [-0.25, -0.2) is 8.42 Å². The van der Waals surface area contributed by atoms with E-state index in [1.807, 2.05) is 13.0 Å². The van der Waals surface area contributed by atoms with Crippen LogP contribution in [-0.4, -0.2) is 44.5 Å². The Labute approximate surface area is 148 Å². The number of nitrogens with zero attached hydrogens (tertiary/aromatic N) is 2. The number of hydrogen-bond acceptors (Lipinski definition) is 5. The minimum absolute atomic E-state index is 0.0525. The fraction of sp³-hybridized carbons (Fsp3) is 0.412. The number of aryl methyl sites for hydroxylation is 1. The van der Waals surface area contributed by atoms with Gasteiger partial charge < -0.3 is 4.81 Å². The predicted molar refractivity (Wildman–Crippen MR) is 98.5 cm³/mol. The third-order valence-electron chi connectivity index (χ3n) is 5.05. The van der Waals surface area contributed by atoms with E-state index < -0.39 is 20.0 Å². The summed E-state index contributed by atoms with van der Waals surface area (Å²) in [6.45, 7) is 4.00. The molecular weight excluding hydrogens is 339 g/mol. The normalized spacial score (nSPS) is 24.3. The highest BCUT2D eigenvalue weighted by molar-refractivity contribution is 7.92. The minimum Gasteiger partial charge on any atom is -0.348 e. The molecule has 1 aliphatic carbocycles. The Hall–Kier alpha value is -1.93. The number of nitro groups is 1. The fourth-order valence-corrected chi connectivity index (χ4v) is 5.19. The third kappa shape index (κ3) is 3.55. The van der Waals surface area contributed by atoms with Crippen LogP contribution in [-0.2, 0) is 9.84 Å². The lowest BCUT2D eigenvalue weighted by Gasteiger charge is -2.18. The van der Waals surface area contributed by atoms with Crippen LogP contribution in [0.5, 0.6) is 0 Å². The molecule has 1 saturated heterocycles. The van der Waals surface area contributed by atoms with E-state index in [0.29, 0.717) is 5.92 Å². The first-order chi connectivity index (χ1) is 11.8. The Kier molecular flexibility index (Phi) is 4.84. The fourth-order valence-electron chi connectivity index (χ4n) is 3.60. The first-order valence-corrected chi connectivity index (χ1v) is 9.89.